The van der Waals surface area contributed by atoms with Gasteiger partial charge in [-0.15, -0.1) is 0 Å². The summed E-state index contributed by atoms with van der Waals surface area (Å²) in [7, 11) is 0. The lowest BCUT2D eigenvalue weighted by Gasteiger charge is -2.35. The number of ether oxygens (including phenoxy) is 1. The molecule has 0 radical (unpaired) electrons. The Kier molecular flexibility index (Phi) is 6.13. The first kappa shape index (κ1) is 19.8. The minimum atomic E-state index is -0.137. The summed E-state index contributed by atoms with van der Waals surface area (Å²) in [5, 5.41) is 9.48. The molecule has 0 spiro atoms. The highest BCUT2D eigenvalue weighted by Crippen LogP contribution is 2.25. The van der Waals surface area contributed by atoms with Crippen LogP contribution in [0.25, 0.3) is 0 Å². The summed E-state index contributed by atoms with van der Waals surface area (Å²) in [6.45, 7) is 11.6. The Hall–Kier alpha value is -1.97. The lowest BCUT2D eigenvalue weighted by Crippen LogP contribution is -2.46. The van der Waals surface area contributed by atoms with Gasteiger partial charge in [-0.1, -0.05) is 20.8 Å². The molecule has 0 aromatic carbocycles. The van der Waals surface area contributed by atoms with Crippen molar-refractivity contribution < 1.29 is 9.53 Å². The van der Waals surface area contributed by atoms with Gasteiger partial charge in [0.2, 0.25) is 5.91 Å². The van der Waals surface area contributed by atoms with Crippen LogP contribution >= 0.6 is 0 Å². The van der Waals surface area contributed by atoms with Crippen LogP contribution < -0.4 is 0 Å². The number of pyridine rings is 1. The molecule has 1 amide bonds. The topological polar surface area (TPSA) is 69.5 Å². The predicted molar refractivity (Wildman–Crippen MR) is 103 cm³/mol. The minimum Gasteiger partial charge on any atom is -0.378 e. The van der Waals surface area contributed by atoms with Gasteiger partial charge in [0.25, 0.3) is 0 Å². The van der Waals surface area contributed by atoms with Crippen LogP contribution in [0.3, 0.4) is 0 Å². The van der Waals surface area contributed by atoms with Crippen LogP contribution in [-0.4, -0.2) is 60.1 Å². The summed E-state index contributed by atoms with van der Waals surface area (Å²) in [6, 6.07) is 4.27. The summed E-state index contributed by atoms with van der Waals surface area (Å²) in [5.74, 6) is 0.427. The molecule has 0 saturated carbocycles. The average Bonchev–Trinajstić information content (AvgIpc) is 2.67. The molecule has 3 rings (SSSR count). The Morgan fingerprint density at radius 2 is 1.93 bits per heavy atom. The van der Waals surface area contributed by atoms with Crippen LogP contribution in [0, 0.1) is 17.2 Å². The van der Waals surface area contributed by atoms with Crippen molar-refractivity contribution in [3.63, 3.8) is 0 Å². The van der Waals surface area contributed by atoms with E-state index in [1.807, 2.05) is 17.2 Å². The van der Waals surface area contributed by atoms with Gasteiger partial charge in [0.05, 0.1) is 24.5 Å². The van der Waals surface area contributed by atoms with Crippen LogP contribution in [-0.2, 0) is 21.5 Å². The lowest BCUT2D eigenvalue weighted by atomic mass is 9.88. The highest BCUT2D eigenvalue weighted by atomic mass is 16.5. The molecule has 1 aromatic rings. The van der Waals surface area contributed by atoms with Crippen LogP contribution in [0.4, 0.5) is 0 Å². The molecule has 0 aliphatic carbocycles. The maximum atomic E-state index is 12.6. The zero-order chi connectivity index (χ0) is 19.4. The van der Waals surface area contributed by atoms with E-state index in [9.17, 15) is 10.1 Å². The van der Waals surface area contributed by atoms with Crippen molar-refractivity contribution in [2.45, 2.75) is 45.6 Å². The number of nitriles is 1. The van der Waals surface area contributed by atoms with Crippen molar-refractivity contribution in [1.29, 1.82) is 5.26 Å². The number of piperidine rings is 1. The number of nitrogens with zero attached hydrogens (tertiary/aromatic N) is 4. The van der Waals surface area contributed by atoms with E-state index < -0.39 is 0 Å². The molecular formula is C21H30N4O2. The van der Waals surface area contributed by atoms with Gasteiger partial charge in [-0.3, -0.25) is 14.7 Å². The molecule has 0 bridgehead atoms. The summed E-state index contributed by atoms with van der Waals surface area (Å²) >= 11 is 0. The first-order valence-corrected chi connectivity index (χ1v) is 9.87. The summed E-state index contributed by atoms with van der Waals surface area (Å²) in [5.41, 5.74) is 2.44. The molecule has 0 atom stereocenters. The van der Waals surface area contributed by atoms with Crippen LogP contribution in [0.1, 0.15) is 50.4 Å². The van der Waals surface area contributed by atoms with E-state index in [1.54, 1.807) is 0 Å². The van der Waals surface area contributed by atoms with Gasteiger partial charge in [0.1, 0.15) is 6.07 Å². The van der Waals surface area contributed by atoms with Gasteiger partial charge in [-0.2, -0.15) is 5.26 Å². The number of hydrogen-bond donors (Lipinski definition) is 0. The van der Waals surface area contributed by atoms with Crippen molar-refractivity contribution >= 4 is 5.91 Å². The molecule has 6 nitrogen and oxygen atoms in total. The second-order valence-corrected chi connectivity index (χ2v) is 8.59. The standard InChI is InChI=1S/C21H30N4O2/c1-21(2,3)19-18(13-22)12-16(14-23-19)15-24-6-4-17(5-7-24)20(26)25-8-10-27-11-9-25/h12,14,17H,4-11,15H2,1-3H3. The van der Waals surface area contributed by atoms with Crippen molar-refractivity contribution in [2.24, 2.45) is 5.92 Å². The number of carbonyl (C=O) groups is 1. The Balaban J connectivity index is 1.56. The van der Waals surface area contributed by atoms with E-state index in [4.69, 9.17) is 4.74 Å². The maximum absolute atomic E-state index is 12.6. The third-order valence-corrected chi connectivity index (χ3v) is 5.44. The monoisotopic (exact) mass is 370 g/mol. The second-order valence-electron chi connectivity index (χ2n) is 8.59. The molecule has 0 N–H and O–H groups in total. The summed E-state index contributed by atoms with van der Waals surface area (Å²) < 4.78 is 5.34. The molecule has 2 aliphatic heterocycles. The Labute approximate surface area is 162 Å². The fourth-order valence-corrected chi connectivity index (χ4v) is 3.92. The molecule has 146 valence electrons. The van der Waals surface area contributed by atoms with E-state index in [1.165, 1.54) is 0 Å². The normalized spacial score (nSPS) is 19.7. The van der Waals surface area contributed by atoms with E-state index >= 15 is 0 Å². The SMILES string of the molecule is CC(C)(C)c1ncc(CN2CCC(C(=O)N3CCOCC3)CC2)cc1C#N. The summed E-state index contributed by atoms with van der Waals surface area (Å²) in [6.07, 6.45) is 3.69. The third-order valence-electron chi connectivity index (χ3n) is 5.44. The molecule has 1 aromatic heterocycles. The van der Waals surface area contributed by atoms with Gasteiger partial charge in [0.15, 0.2) is 0 Å². The first-order valence-electron chi connectivity index (χ1n) is 9.87. The van der Waals surface area contributed by atoms with E-state index in [0.717, 1.165) is 56.8 Å². The largest absolute Gasteiger partial charge is 0.378 e. The maximum Gasteiger partial charge on any atom is 0.225 e. The molecule has 2 fully saturated rings. The second kappa shape index (κ2) is 8.37. The smallest absolute Gasteiger partial charge is 0.225 e. The third kappa shape index (κ3) is 4.85. The van der Waals surface area contributed by atoms with E-state index in [0.29, 0.717) is 24.7 Å². The van der Waals surface area contributed by atoms with E-state index in [-0.39, 0.29) is 11.3 Å². The predicted octanol–water partition coefficient (Wildman–Crippen LogP) is 2.32. The molecule has 27 heavy (non-hydrogen) atoms. The highest BCUT2D eigenvalue weighted by Gasteiger charge is 2.29. The Morgan fingerprint density at radius 1 is 1.26 bits per heavy atom. The number of morpholine rings is 1. The van der Waals surface area contributed by atoms with Gasteiger partial charge >= 0.3 is 0 Å². The highest BCUT2D eigenvalue weighted by molar-refractivity contribution is 5.79. The number of carbonyl (C=O) groups excluding carboxylic acids is 1. The number of aromatic nitrogens is 1. The molecule has 2 saturated heterocycles. The first-order chi connectivity index (χ1) is 12.9. The van der Waals surface area contributed by atoms with Gasteiger partial charge in [-0.25, -0.2) is 0 Å². The van der Waals surface area contributed by atoms with Crippen molar-refractivity contribution in [1.82, 2.24) is 14.8 Å². The van der Waals surface area contributed by atoms with Crippen molar-refractivity contribution in [3.05, 3.63) is 29.1 Å². The average molecular weight is 370 g/mol. The molecule has 6 heteroatoms. The number of likely N-dealkylation sites (tertiary alicyclic amines) is 1. The fraction of sp³-hybridized carbons (Fsp3) is 0.667. The lowest BCUT2D eigenvalue weighted by molar-refractivity contribution is -0.141. The molecule has 2 aliphatic rings. The molecule has 3 heterocycles. The number of rotatable bonds is 3. The minimum absolute atomic E-state index is 0.135. The number of amides is 1. The van der Waals surface area contributed by atoms with Crippen molar-refractivity contribution in [2.75, 3.05) is 39.4 Å². The van der Waals surface area contributed by atoms with Gasteiger partial charge < -0.3 is 9.64 Å². The fourth-order valence-electron chi connectivity index (χ4n) is 3.92. The van der Waals surface area contributed by atoms with Crippen LogP contribution in [0.2, 0.25) is 0 Å². The molecular weight excluding hydrogens is 340 g/mol. The van der Waals surface area contributed by atoms with E-state index in [2.05, 4.69) is 36.7 Å². The van der Waals surface area contributed by atoms with Crippen molar-refractivity contribution in [3.8, 4) is 6.07 Å². The zero-order valence-corrected chi connectivity index (χ0v) is 16.7. The van der Waals surface area contributed by atoms with Gasteiger partial charge in [-0.05, 0) is 37.6 Å². The van der Waals surface area contributed by atoms with Crippen LogP contribution in [0.5, 0.6) is 0 Å². The number of hydrogen-bond acceptors (Lipinski definition) is 5. The quantitative estimate of drug-likeness (QED) is 0.817. The summed E-state index contributed by atoms with van der Waals surface area (Å²) in [4.78, 5) is 21.5. The molecule has 0 unspecified atom stereocenters. The Bertz CT molecular complexity index is 706. The Morgan fingerprint density at radius 3 is 2.52 bits per heavy atom. The van der Waals surface area contributed by atoms with Crippen LogP contribution in [0.15, 0.2) is 12.3 Å². The van der Waals surface area contributed by atoms with Gasteiger partial charge in [0, 0.05) is 37.2 Å². The zero-order valence-electron chi connectivity index (χ0n) is 16.7.